The largest absolute Gasteiger partial charge is 0.389 e. The van der Waals surface area contributed by atoms with Crippen molar-refractivity contribution in [2.75, 3.05) is 0 Å². The summed E-state index contributed by atoms with van der Waals surface area (Å²) in [7, 11) is 0. The Labute approximate surface area is 123 Å². The highest BCUT2D eigenvalue weighted by Gasteiger charge is 2.18. The Morgan fingerprint density at radius 2 is 1.90 bits per heavy atom. The highest BCUT2D eigenvalue weighted by atomic mass is 32.2. The lowest BCUT2D eigenvalue weighted by molar-refractivity contribution is -0.387. The Morgan fingerprint density at radius 3 is 2.52 bits per heavy atom. The molecule has 7 heteroatoms. The third-order valence-electron chi connectivity index (χ3n) is 2.78. The molecule has 0 amide bonds. The molecule has 1 unspecified atom stereocenters. The van der Waals surface area contributed by atoms with Crippen molar-refractivity contribution in [1.29, 1.82) is 0 Å². The summed E-state index contributed by atoms with van der Waals surface area (Å²) >= 11 is 0.765. The maximum atomic E-state index is 13.6. The van der Waals surface area contributed by atoms with Gasteiger partial charge in [0.25, 0.3) is 5.69 Å². The first-order chi connectivity index (χ1) is 9.88. The lowest BCUT2D eigenvalue weighted by Gasteiger charge is -2.08. The van der Waals surface area contributed by atoms with Gasteiger partial charge in [0.15, 0.2) is 0 Å². The minimum atomic E-state index is -0.853. The van der Waals surface area contributed by atoms with Crippen molar-refractivity contribution >= 4 is 17.4 Å². The smallest absolute Gasteiger partial charge is 0.283 e. The zero-order valence-electron chi connectivity index (χ0n) is 10.9. The van der Waals surface area contributed by atoms with E-state index in [2.05, 4.69) is 0 Å². The maximum absolute atomic E-state index is 13.6. The first kappa shape index (κ1) is 15.4. The molecule has 0 aliphatic heterocycles. The maximum Gasteiger partial charge on any atom is 0.283 e. The van der Waals surface area contributed by atoms with Gasteiger partial charge < -0.3 is 5.11 Å². The molecule has 0 fully saturated rings. The number of aliphatic hydroxyl groups excluding tert-OH is 1. The Bertz CT molecular complexity index is 692. The Kier molecular flexibility index (Phi) is 4.54. The number of hydrogen-bond donors (Lipinski definition) is 1. The van der Waals surface area contributed by atoms with E-state index < -0.39 is 22.7 Å². The summed E-state index contributed by atoms with van der Waals surface area (Å²) in [6, 6.07) is 7.07. The SMILES string of the molecule is CC(O)c1ccc(Sc2cc(F)ccc2F)c([N+](=O)[O-])c1. The summed E-state index contributed by atoms with van der Waals surface area (Å²) in [5.74, 6) is -1.28. The minimum absolute atomic E-state index is 0.0390. The second kappa shape index (κ2) is 6.19. The second-order valence-corrected chi connectivity index (χ2v) is 5.42. The summed E-state index contributed by atoms with van der Waals surface area (Å²) in [6.45, 7) is 1.48. The van der Waals surface area contributed by atoms with E-state index in [1.54, 1.807) is 0 Å². The minimum Gasteiger partial charge on any atom is -0.389 e. The van der Waals surface area contributed by atoms with Gasteiger partial charge in [-0.25, -0.2) is 8.78 Å². The molecule has 0 saturated carbocycles. The van der Waals surface area contributed by atoms with Crippen LogP contribution >= 0.6 is 11.8 Å². The predicted molar refractivity (Wildman–Crippen MR) is 74.2 cm³/mol. The summed E-state index contributed by atoms with van der Waals surface area (Å²) in [5.41, 5.74) is 0.118. The standard InChI is InChI=1S/C14H11F2NO3S/c1-8(18)9-2-5-13(12(6-9)17(19)20)21-14-7-10(15)3-4-11(14)16/h2-8,18H,1H3. The van der Waals surface area contributed by atoms with Gasteiger partial charge in [-0.1, -0.05) is 17.8 Å². The van der Waals surface area contributed by atoms with Gasteiger partial charge in [0.05, 0.1) is 20.8 Å². The fourth-order valence-electron chi connectivity index (χ4n) is 1.70. The van der Waals surface area contributed by atoms with Gasteiger partial charge in [0.1, 0.15) is 11.6 Å². The summed E-state index contributed by atoms with van der Waals surface area (Å²) in [6.07, 6.45) is -0.853. The van der Waals surface area contributed by atoms with Crippen LogP contribution < -0.4 is 0 Å². The zero-order valence-corrected chi connectivity index (χ0v) is 11.7. The van der Waals surface area contributed by atoms with E-state index >= 15 is 0 Å². The average Bonchev–Trinajstić information content (AvgIpc) is 2.42. The second-order valence-electron chi connectivity index (χ2n) is 4.34. The molecule has 0 aromatic heterocycles. The van der Waals surface area contributed by atoms with Gasteiger partial charge in [-0.3, -0.25) is 10.1 Å². The number of halogens is 2. The van der Waals surface area contributed by atoms with Crippen LogP contribution in [-0.2, 0) is 0 Å². The average molecular weight is 311 g/mol. The van der Waals surface area contributed by atoms with Crippen molar-refractivity contribution in [3.63, 3.8) is 0 Å². The molecular formula is C14H11F2NO3S. The van der Waals surface area contributed by atoms with E-state index in [-0.39, 0.29) is 15.5 Å². The molecule has 4 nitrogen and oxygen atoms in total. The van der Waals surface area contributed by atoms with E-state index in [1.165, 1.54) is 25.1 Å². The van der Waals surface area contributed by atoms with E-state index in [0.29, 0.717) is 5.56 Å². The predicted octanol–water partition coefficient (Wildman–Crippen LogP) is 4.08. The van der Waals surface area contributed by atoms with Crippen LogP contribution in [-0.4, -0.2) is 10.0 Å². The highest BCUT2D eigenvalue weighted by Crippen LogP contribution is 2.37. The number of aliphatic hydroxyl groups is 1. The number of nitro groups is 1. The Balaban J connectivity index is 2.44. The normalized spacial score (nSPS) is 12.2. The van der Waals surface area contributed by atoms with Gasteiger partial charge in [0, 0.05) is 6.07 Å². The van der Waals surface area contributed by atoms with Gasteiger partial charge in [-0.2, -0.15) is 0 Å². The molecule has 0 saturated heterocycles. The van der Waals surface area contributed by atoms with Crippen LogP contribution in [0.1, 0.15) is 18.6 Å². The van der Waals surface area contributed by atoms with Crippen LogP contribution in [0.3, 0.4) is 0 Å². The van der Waals surface area contributed by atoms with Gasteiger partial charge in [-0.15, -0.1) is 0 Å². The monoisotopic (exact) mass is 311 g/mol. The van der Waals surface area contributed by atoms with E-state index in [9.17, 15) is 24.0 Å². The first-order valence-electron chi connectivity index (χ1n) is 5.98. The lowest BCUT2D eigenvalue weighted by atomic mass is 10.1. The van der Waals surface area contributed by atoms with Crippen molar-refractivity contribution in [1.82, 2.24) is 0 Å². The number of nitrogens with zero attached hydrogens (tertiary/aromatic N) is 1. The van der Waals surface area contributed by atoms with Crippen LogP contribution in [0.25, 0.3) is 0 Å². The van der Waals surface area contributed by atoms with Gasteiger partial charge in [-0.05, 0) is 36.8 Å². The first-order valence-corrected chi connectivity index (χ1v) is 6.79. The van der Waals surface area contributed by atoms with Gasteiger partial charge >= 0.3 is 0 Å². The van der Waals surface area contributed by atoms with Crippen LogP contribution in [0.4, 0.5) is 14.5 Å². The van der Waals surface area contributed by atoms with Crippen LogP contribution in [0, 0.1) is 21.7 Å². The van der Waals surface area contributed by atoms with Crippen molar-refractivity contribution in [3.8, 4) is 0 Å². The molecule has 0 spiro atoms. The number of benzene rings is 2. The number of nitro benzene ring substituents is 1. The fourth-order valence-corrected chi connectivity index (χ4v) is 2.65. The fraction of sp³-hybridized carbons (Fsp3) is 0.143. The van der Waals surface area contributed by atoms with Crippen LogP contribution in [0.15, 0.2) is 46.2 Å². The van der Waals surface area contributed by atoms with Crippen molar-refractivity contribution in [2.24, 2.45) is 0 Å². The van der Waals surface area contributed by atoms with Crippen molar-refractivity contribution in [2.45, 2.75) is 22.8 Å². The third kappa shape index (κ3) is 3.56. The van der Waals surface area contributed by atoms with Crippen molar-refractivity contribution in [3.05, 3.63) is 63.7 Å². The molecule has 2 rings (SSSR count). The molecule has 1 atom stereocenters. The van der Waals surface area contributed by atoms with E-state index in [1.807, 2.05) is 0 Å². The molecule has 0 aliphatic rings. The van der Waals surface area contributed by atoms with Crippen molar-refractivity contribution < 1.29 is 18.8 Å². The molecule has 21 heavy (non-hydrogen) atoms. The molecular weight excluding hydrogens is 300 g/mol. The molecule has 110 valence electrons. The lowest BCUT2D eigenvalue weighted by Crippen LogP contribution is -1.96. The quantitative estimate of drug-likeness (QED) is 0.682. The molecule has 1 N–H and O–H groups in total. The topological polar surface area (TPSA) is 63.4 Å². The molecule has 0 heterocycles. The van der Waals surface area contributed by atoms with E-state index in [0.717, 1.165) is 30.0 Å². The Hall–Kier alpha value is -1.99. The molecule has 2 aromatic carbocycles. The number of rotatable bonds is 4. The summed E-state index contributed by atoms with van der Waals surface area (Å²) in [5, 5.41) is 20.5. The molecule has 2 aromatic rings. The highest BCUT2D eigenvalue weighted by molar-refractivity contribution is 7.99. The molecule has 0 bridgehead atoms. The molecule has 0 radical (unpaired) electrons. The van der Waals surface area contributed by atoms with Crippen LogP contribution in [0.2, 0.25) is 0 Å². The third-order valence-corrected chi connectivity index (χ3v) is 3.87. The molecule has 0 aliphatic carbocycles. The summed E-state index contributed by atoms with van der Waals surface area (Å²) < 4.78 is 26.7. The Morgan fingerprint density at radius 1 is 1.19 bits per heavy atom. The zero-order chi connectivity index (χ0) is 15.6. The number of hydrogen-bond acceptors (Lipinski definition) is 4. The summed E-state index contributed by atoms with van der Waals surface area (Å²) in [4.78, 5) is 10.6. The van der Waals surface area contributed by atoms with Crippen LogP contribution in [0.5, 0.6) is 0 Å². The van der Waals surface area contributed by atoms with E-state index in [4.69, 9.17) is 0 Å². The van der Waals surface area contributed by atoms with Gasteiger partial charge in [0.2, 0.25) is 0 Å².